The van der Waals surface area contributed by atoms with Crippen LogP contribution in [0.2, 0.25) is 0 Å². The molecule has 0 atom stereocenters. The number of nitrogens with two attached hydrogens (primary N) is 1. The van der Waals surface area contributed by atoms with Crippen molar-refractivity contribution in [3.63, 3.8) is 0 Å². The van der Waals surface area contributed by atoms with Crippen LogP contribution in [0.4, 0.5) is 30.6 Å². The van der Waals surface area contributed by atoms with E-state index in [2.05, 4.69) is 30.7 Å². The smallest absolute Gasteiger partial charge is 0.382 e. The van der Waals surface area contributed by atoms with Gasteiger partial charge in [-0.05, 0) is 42.8 Å². The fourth-order valence-corrected chi connectivity index (χ4v) is 3.86. The average molecular weight is 480 g/mol. The summed E-state index contributed by atoms with van der Waals surface area (Å²) in [7, 11) is 0. The molecule has 5 aromatic rings. The number of rotatable bonds is 5. The summed E-state index contributed by atoms with van der Waals surface area (Å²) in [5.41, 5.74) is 8.84. The van der Waals surface area contributed by atoms with Crippen LogP contribution < -0.4 is 16.4 Å². The summed E-state index contributed by atoms with van der Waals surface area (Å²) in [4.78, 5) is 23.9. The fourth-order valence-electron chi connectivity index (χ4n) is 3.86. The van der Waals surface area contributed by atoms with Gasteiger partial charge in [0.05, 0.1) is 22.2 Å². The van der Waals surface area contributed by atoms with E-state index in [-0.39, 0.29) is 17.2 Å². The van der Waals surface area contributed by atoms with Crippen LogP contribution in [-0.2, 0) is 6.18 Å². The summed E-state index contributed by atoms with van der Waals surface area (Å²) in [5, 5.41) is 9.99. The lowest BCUT2D eigenvalue weighted by Crippen LogP contribution is -2.22. The summed E-state index contributed by atoms with van der Waals surface area (Å²) in [6.45, 7) is 2.28. The van der Waals surface area contributed by atoms with Gasteiger partial charge in [0.2, 0.25) is 5.95 Å². The van der Waals surface area contributed by atoms with Gasteiger partial charge in [-0.3, -0.25) is 4.79 Å². The maximum atomic E-state index is 13.0. The Morgan fingerprint density at radius 2 is 1.94 bits per heavy atom. The molecule has 2 aromatic carbocycles. The van der Waals surface area contributed by atoms with Gasteiger partial charge in [0.1, 0.15) is 11.8 Å². The number of hydrogen-bond acceptors (Lipinski definition) is 6. The van der Waals surface area contributed by atoms with Crippen molar-refractivity contribution in [1.82, 2.24) is 29.9 Å². The van der Waals surface area contributed by atoms with Gasteiger partial charge in [0, 0.05) is 24.0 Å². The Hall–Kier alpha value is -4.61. The summed E-state index contributed by atoms with van der Waals surface area (Å²) < 4.78 is 40.4. The van der Waals surface area contributed by atoms with Gasteiger partial charge in [-0.15, -0.1) is 0 Å². The number of imidazole rings is 1. The zero-order chi connectivity index (χ0) is 24.7. The molecule has 0 aliphatic heterocycles. The highest BCUT2D eigenvalue weighted by Crippen LogP contribution is 2.34. The number of aromatic nitrogens is 5. The van der Waals surface area contributed by atoms with E-state index in [0.717, 1.165) is 12.1 Å². The predicted molar refractivity (Wildman–Crippen MR) is 125 cm³/mol. The number of nitrogen functional groups attached to an aromatic ring is 1. The zero-order valence-corrected chi connectivity index (χ0v) is 18.3. The number of halogens is 3. The van der Waals surface area contributed by atoms with Crippen LogP contribution >= 0.6 is 0 Å². The van der Waals surface area contributed by atoms with Gasteiger partial charge in [0.25, 0.3) is 5.91 Å². The molecule has 1 amide bonds. The normalized spacial score (nSPS) is 11.8. The minimum Gasteiger partial charge on any atom is -0.382 e. The number of hydrogen-bond donors (Lipinski definition) is 4. The Balaban J connectivity index is 1.48. The minimum absolute atomic E-state index is 0.230. The highest BCUT2D eigenvalue weighted by atomic mass is 19.4. The number of H-pyrrole nitrogens is 1. The van der Waals surface area contributed by atoms with E-state index >= 15 is 0 Å². The Labute approximate surface area is 196 Å². The van der Waals surface area contributed by atoms with Crippen molar-refractivity contribution in [2.45, 2.75) is 13.1 Å². The predicted octanol–water partition coefficient (Wildman–Crippen LogP) is 4.37. The van der Waals surface area contributed by atoms with Crippen molar-refractivity contribution < 1.29 is 18.0 Å². The van der Waals surface area contributed by atoms with Gasteiger partial charge in [-0.25, -0.2) is 14.5 Å². The first-order chi connectivity index (χ1) is 16.7. The number of anilines is 3. The molecule has 5 N–H and O–H groups in total. The van der Waals surface area contributed by atoms with Crippen LogP contribution in [0.25, 0.3) is 27.7 Å². The van der Waals surface area contributed by atoms with Crippen LogP contribution in [0, 0.1) is 0 Å². The molecule has 0 bridgehead atoms. The van der Waals surface area contributed by atoms with E-state index in [4.69, 9.17) is 5.73 Å². The van der Waals surface area contributed by atoms with Gasteiger partial charge < -0.3 is 21.4 Å². The second-order valence-electron chi connectivity index (χ2n) is 7.73. The highest BCUT2D eigenvalue weighted by Gasteiger charge is 2.30. The first-order valence-electron chi connectivity index (χ1n) is 10.6. The maximum Gasteiger partial charge on any atom is 0.416 e. The number of nitrogens with one attached hydrogen (secondary N) is 3. The van der Waals surface area contributed by atoms with Crippen molar-refractivity contribution in [3.05, 3.63) is 66.1 Å². The molecule has 12 heteroatoms. The summed E-state index contributed by atoms with van der Waals surface area (Å²) in [6.07, 6.45) is -1.53. The molecule has 0 saturated heterocycles. The summed E-state index contributed by atoms with van der Waals surface area (Å²) in [6, 6.07) is 10.4. The second kappa shape index (κ2) is 8.31. The van der Waals surface area contributed by atoms with Gasteiger partial charge >= 0.3 is 6.18 Å². The molecule has 0 aliphatic rings. The molecule has 0 fully saturated rings. The van der Waals surface area contributed by atoms with Crippen molar-refractivity contribution in [3.8, 4) is 11.1 Å². The SMILES string of the molecule is CCNC(=O)c1cn2ncnc(N)c2c1-c1ccc(Nc2nc3ccc(C(F)(F)F)cc3[nH]2)cc1. The molecule has 3 aromatic heterocycles. The monoisotopic (exact) mass is 480 g/mol. The quantitative estimate of drug-likeness (QED) is 0.296. The summed E-state index contributed by atoms with van der Waals surface area (Å²) >= 11 is 0. The number of carbonyl (C=O) groups is 1. The number of nitrogens with zero attached hydrogens (tertiary/aromatic N) is 4. The van der Waals surface area contributed by atoms with E-state index < -0.39 is 11.7 Å². The van der Waals surface area contributed by atoms with Crippen LogP contribution in [0.5, 0.6) is 0 Å². The Bertz CT molecular complexity index is 1550. The molecule has 0 saturated carbocycles. The molecule has 3 heterocycles. The third-order valence-electron chi connectivity index (χ3n) is 5.43. The van der Waals surface area contributed by atoms with E-state index in [9.17, 15) is 18.0 Å². The number of aromatic amines is 1. The average Bonchev–Trinajstić information content (AvgIpc) is 3.40. The second-order valence-corrected chi connectivity index (χ2v) is 7.73. The van der Waals surface area contributed by atoms with E-state index in [0.29, 0.717) is 45.9 Å². The maximum absolute atomic E-state index is 13.0. The number of carbonyl (C=O) groups excluding carboxylic acids is 1. The largest absolute Gasteiger partial charge is 0.416 e. The third-order valence-corrected chi connectivity index (χ3v) is 5.43. The van der Waals surface area contributed by atoms with Crippen LogP contribution in [0.1, 0.15) is 22.8 Å². The van der Waals surface area contributed by atoms with E-state index in [1.807, 2.05) is 6.92 Å². The first-order valence-corrected chi connectivity index (χ1v) is 10.6. The lowest BCUT2D eigenvalue weighted by molar-refractivity contribution is -0.137. The zero-order valence-electron chi connectivity index (χ0n) is 18.3. The molecule has 0 unspecified atom stereocenters. The van der Waals surface area contributed by atoms with Crippen LogP contribution in [0.15, 0.2) is 55.0 Å². The number of alkyl halides is 3. The van der Waals surface area contributed by atoms with Gasteiger partial charge in [-0.1, -0.05) is 12.1 Å². The summed E-state index contributed by atoms with van der Waals surface area (Å²) in [5.74, 6) is 0.255. The van der Waals surface area contributed by atoms with Crippen molar-refractivity contribution in [2.24, 2.45) is 0 Å². The molecule has 9 nitrogen and oxygen atoms in total. The minimum atomic E-state index is -4.44. The van der Waals surface area contributed by atoms with Gasteiger partial charge in [-0.2, -0.15) is 18.3 Å². The standard InChI is InChI=1S/C23H19F3N8O/c1-2-28-21(35)15-10-34-19(20(27)29-11-30-34)18(15)12-3-6-14(7-4-12)31-22-32-16-8-5-13(23(24,25)26)9-17(16)33-22/h3-11H,2H2,1H3,(H,28,35)(H2,27,29,30)(H2,31,32,33). The lowest BCUT2D eigenvalue weighted by atomic mass is 10.0. The Kier molecular flexibility index (Phi) is 5.27. The van der Waals surface area contributed by atoms with Crippen LogP contribution in [-0.4, -0.2) is 37.0 Å². The molecule has 0 radical (unpaired) electrons. The molecule has 0 spiro atoms. The van der Waals surface area contributed by atoms with E-state index in [1.165, 1.54) is 16.9 Å². The number of benzene rings is 2. The van der Waals surface area contributed by atoms with E-state index in [1.54, 1.807) is 30.5 Å². The molecule has 5 rings (SSSR count). The van der Waals surface area contributed by atoms with Crippen molar-refractivity contribution in [1.29, 1.82) is 0 Å². The van der Waals surface area contributed by atoms with Crippen molar-refractivity contribution in [2.75, 3.05) is 17.6 Å². The number of amides is 1. The number of fused-ring (bicyclic) bond motifs is 2. The molecular formula is C23H19F3N8O. The lowest BCUT2D eigenvalue weighted by Gasteiger charge is -2.08. The fraction of sp³-hybridized carbons (Fsp3) is 0.130. The Morgan fingerprint density at radius 1 is 1.17 bits per heavy atom. The van der Waals surface area contributed by atoms with Gasteiger partial charge in [0.15, 0.2) is 5.82 Å². The molecule has 178 valence electrons. The third kappa shape index (κ3) is 4.09. The van der Waals surface area contributed by atoms with Crippen LogP contribution in [0.3, 0.4) is 0 Å². The highest BCUT2D eigenvalue weighted by molar-refractivity contribution is 6.07. The molecule has 0 aliphatic carbocycles. The topological polar surface area (TPSA) is 126 Å². The van der Waals surface area contributed by atoms with Crippen molar-refractivity contribution >= 4 is 39.9 Å². The molecule has 35 heavy (non-hydrogen) atoms. The molecular weight excluding hydrogens is 461 g/mol. The first kappa shape index (κ1) is 22.2. The Morgan fingerprint density at radius 3 is 2.66 bits per heavy atom.